The predicted molar refractivity (Wildman–Crippen MR) is 157 cm³/mol. The Morgan fingerprint density at radius 1 is 0.974 bits per heavy atom. The molecule has 1 atom stereocenters. The summed E-state index contributed by atoms with van der Waals surface area (Å²) < 4.78 is 6.00. The first-order valence-electron chi connectivity index (χ1n) is 13.6. The number of hydrogen-bond donors (Lipinski definition) is 1. The van der Waals surface area contributed by atoms with E-state index in [1.807, 2.05) is 62.4 Å². The first-order valence-corrected chi connectivity index (χ1v) is 14.3. The monoisotopic (exact) mass is 566 g/mol. The number of carbonyl (C=O) groups excluding carboxylic acids is 2. The first-order chi connectivity index (χ1) is 18.8. The molecule has 1 aliphatic carbocycles. The highest BCUT2D eigenvalue weighted by Gasteiger charge is 2.32. The number of nitrogens with zero attached hydrogens (tertiary/aromatic N) is 1. The molecule has 5 nitrogen and oxygen atoms in total. The van der Waals surface area contributed by atoms with Gasteiger partial charge in [-0.25, -0.2) is 0 Å². The van der Waals surface area contributed by atoms with Crippen LogP contribution in [-0.4, -0.2) is 35.4 Å². The molecule has 3 aromatic carbocycles. The Morgan fingerprint density at radius 3 is 2.44 bits per heavy atom. The maximum Gasteiger partial charge on any atom is 0.261 e. The van der Waals surface area contributed by atoms with E-state index in [0.717, 1.165) is 42.4 Å². The second kappa shape index (κ2) is 13.9. The van der Waals surface area contributed by atoms with Gasteiger partial charge in [0, 0.05) is 29.1 Å². The minimum Gasteiger partial charge on any atom is -0.483 e. The molecule has 0 heterocycles. The summed E-state index contributed by atoms with van der Waals surface area (Å²) in [5.74, 6) is 0.205. The number of hydrogen-bond acceptors (Lipinski definition) is 3. The fourth-order valence-electron chi connectivity index (χ4n) is 5.03. The normalized spacial score (nSPS) is 14.5. The van der Waals surface area contributed by atoms with Crippen molar-refractivity contribution in [1.82, 2.24) is 10.2 Å². The Bertz CT molecular complexity index is 1280. The molecule has 1 fully saturated rings. The van der Waals surface area contributed by atoms with Crippen molar-refractivity contribution < 1.29 is 14.3 Å². The lowest BCUT2D eigenvalue weighted by atomic mass is 9.94. The van der Waals surface area contributed by atoms with Gasteiger partial charge >= 0.3 is 0 Å². The van der Waals surface area contributed by atoms with Crippen molar-refractivity contribution in [3.63, 3.8) is 0 Å². The van der Waals surface area contributed by atoms with E-state index in [-0.39, 0.29) is 31.0 Å². The highest BCUT2D eigenvalue weighted by atomic mass is 35.5. The number of nitrogens with one attached hydrogen (secondary N) is 1. The number of carbonyl (C=O) groups is 2. The van der Waals surface area contributed by atoms with Crippen LogP contribution in [0.3, 0.4) is 0 Å². The van der Waals surface area contributed by atoms with E-state index >= 15 is 0 Å². The number of ether oxygens (including phenoxy) is 1. The van der Waals surface area contributed by atoms with Gasteiger partial charge in [0.05, 0.1) is 0 Å². The van der Waals surface area contributed by atoms with Gasteiger partial charge in [-0.15, -0.1) is 0 Å². The second-order valence-corrected chi connectivity index (χ2v) is 11.1. The smallest absolute Gasteiger partial charge is 0.261 e. The molecular weight excluding hydrogens is 531 g/mol. The van der Waals surface area contributed by atoms with Crippen molar-refractivity contribution in [2.75, 3.05) is 6.61 Å². The van der Waals surface area contributed by atoms with Crippen molar-refractivity contribution in [3.8, 4) is 5.75 Å². The van der Waals surface area contributed by atoms with Gasteiger partial charge in [-0.3, -0.25) is 9.59 Å². The third-order valence-corrected chi connectivity index (χ3v) is 8.07. The third kappa shape index (κ3) is 8.00. The summed E-state index contributed by atoms with van der Waals surface area (Å²) in [6, 6.07) is 20.1. The molecule has 1 N–H and O–H groups in total. The summed E-state index contributed by atoms with van der Waals surface area (Å²) in [5, 5.41) is 4.20. The van der Waals surface area contributed by atoms with Crippen LogP contribution in [0.1, 0.15) is 54.4 Å². The second-order valence-electron chi connectivity index (χ2n) is 10.3. The maximum atomic E-state index is 13.9. The van der Waals surface area contributed by atoms with Gasteiger partial charge in [-0.1, -0.05) is 91.0 Å². The van der Waals surface area contributed by atoms with Gasteiger partial charge in [-0.05, 0) is 67.1 Å². The van der Waals surface area contributed by atoms with Crippen LogP contribution in [0.5, 0.6) is 5.75 Å². The first kappa shape index (κ1) is 29.0. The minimum absolute atomic E-state index is 0.117. The van der Waals surface area contributed by atoms with Gasteiger partial charge in [0.2, 0.25) is 5.91 Å². The van der Waals surface area contributed by atoms with Gasteiger partial charge in [0.1, 0.15) is 11.8 Å². The van der Waals surface area contributed by atoms with Crippen LogP contribution in [-0.2, 0) is 22.6 Å². The molecule has 2 amide bonds. The van der Waals surface area contributed by atoms with Crippen LogP contribution in [0.15, 0.2) is 66.7 Å². The molecule has 0 radical (unpaired) electrons. The topological polar surface area (TPSA) is 58.6 Å². The van der Waals surface area contributed by atoms with Gasteiger partial charge in [0.25, 0.3) is 5.91 Å². The molecule has 39 heavy (non-hydrogen) atoms. The van der Waals surface area contributed by atoms with Crippen LogP contribution in [0.2, 0.25) is 10.0 Å². The zero-order chi connectivity index (χ0) is 27.8. The Morgan fingerprint density at radius 2 is 1.72 bits per heavy atom. The number of rotatable bonds is 10. The molecule has 0 aliphatic heterocycles. The highest BCUT2D eigenvalue weighted by Crippen LogP contribution is 2.26. The van der Waals surface area contributed by atoms with Gasteiger partial charge in [-0.2, -0.15) is 0 Å². The number of benzene rings is 3. The quantitative estimate of drug-likeness (QED) is 0.285. The molecule has 1 aliphatic rings. The van der Waals surface area contributed by atoms with E-state index in [1.165, 1.54) is 6.42 Å². The summed E-state index contributed by atoms with van der Waals surface area (Å²) in [7, 11) is 0. The van der Waals surface area contributed by atoms with Crippen LogP contribution in [0.4, 0.5) is 0 Å². The Kier molecular flexibility index (Phi) is 10.3. The van der Waals surface area contributed by atoms with Crippen molar-refractivity contribution >= 4 is 35.0 Å². The summed E-state index contributed by atoms with van der Waals surface area (Å²) in [4.78, 5) is 29.3. The van der Waals surface area contributed by atoms with E-state index in [2.05, 4.69) is 5.32 Å². The Balaban J connectivity index is 1.65. The average molecular weight is 568 g/mol. The van der Waals surface area contributed by atoms with E-state index < -0.39 is 6.04 Å². The molecule has 0 bridgehead atoms. The lowest BCUT2D eigenvalue weighted by Crippen LogP contribution is -2.53. The van der Waals surface area contributed by atoms with E-state index in [9.17, 15) is 9.59 Å². The lowest BCUT2D eigenvalue weighted by molar-refractivity contribution is -0.143. The molecule has 0 saturated heterocycles. The standard InChI is InChI=1S/C32H36Cl2N2O3/c1-22-10-9-15-30(23(22)2)39-21-31(37)36(20-25-16-17-26(33)19-28(25)34)29(18-24-11-5-3-6-12-24)32(38)35-27-13-7-4-8-14-27/h3,5-6,9-12,15-17,19,27,29H,4,7-8,13-14,18,20-21H2,1-2H3,(H,35,38)/t29-/m0/s1. The van der Waals surface area contributed by atoms with Crippen LogP contribution < -0.4 is 10.1 Å². The molecule has 4 rings (SSSR count). The SMILES string of the molecule is Cc1cccc(OCC(=O)N(Cc2ccc(Cl)cc2Cl)[C@@H](Cc2ccccc2)C(=O)NC2CCCCC2)c1C. The lowest BCUT2D eigenvalue weighted by Gasteiger charge is -2.33. The molecule has 0 unspecified atom stereocenters. The zero-order valence-electron chi connectivity index (χ0n) is 22.6. The highest BCUT2D eigenvalue weighted by molar-refractivity contribution is 6.35. The molecule has 206 valence electrons. The minimum atomic E-state index is -0.740. The summed E-state index contributed by atoms with van der Waals surface area (Å²) in [6.45, 7) is 3.93. The Hall–Kier alpha value is -3.02. The van der Waals surface area contributed by atoms with E-state index in [0.29, 0.717) is 27.8 Å². The van der Waals surface area contributed by atoms with Crippen molar-refractivity contribution in [2.24, 2.45) is 0 Å². The van der Waals surface area contributed by atoms with Crippen LogP contribution in [0.25, 0.3) is 0 Å². The van der Waals surface area contributed by atoms with Crippen molar-refractivity contribution in [1.29, 1.82) is 0 Å². The number of halogens is 2. The van der Waals surface area contributed by atoms with Crippen LogP contribution in [0, 0.1) is 13.8 Å². The largest absolute Gasteiger partial charge is 0.483 e. The molecular formula is C32H36Cl2N2O3. The molecule has 0 aromatic heterocycles. The summed E-state index contributed by atoms with van der Waals surface area (Å²) in [6.07, 6.45) is 5.67. The predicted octanol–water partition coefficient (Wildman–Crippen LogP) is 7.08. The van der Waals surface area contributed by atoms with Gasteiger partial charge in [0.15, 0.2) is 6.61 Å². The van der Waals surface area contributed by atoms with Crippen LogP contribution >= 0.6 is 23.2 Å². The maximum absolute atomic E-state index is 13.9. The number of amides is 2. The fraction of sp³-hybridized carbons (Fsp3) is 0.375. The molecule has 1 saturated carbocycles. The average Bonchev–Trinajstić information content (AvgIpc) is 2.93. The van der Waals surface area contributed by atoms with Crippen molar-refractivity contribution in [3.05, 3.63) is 99.0 Å². The van der Waals surface area contributed by atoms with E-state index in [1.54, 1.807) is 23.1 Å². The van der Waals surface area contributed by atoms with Crippen molar-refractivity contribution in [2.45, 2.75) is 71.0 Å². The molecule has 7 heteroatoms. The zero-order valence-corrected chi connectivity index (χ0v) is 24.1. The summed E-state index contributed by atoms with van der Waals surface area (Å²) in [5.41, 5.74) is 3.74. The third-order valence-electron chi connectivity index (χ3n) is 7.48. The number of aryl methyl sites for hydroxylation is 1. The molecule has 3 aromatic rings. The molecule has 0 spiro atoms. The Labute approximate surface area is 241 Å². The summed E-state index contributed by atoms with van der Waals surface area (Å²) >= 11 is 12.7. The fourth-order valence-corrected chi connectivity index (χ4v) is 5.50. The van der Waals surface area contributed by atoms with E-state index in [4.69, 9.17) is 27.9 Å². The van der Waals surface area contributed by atoms with Gasteiger partial charge < -0.3 is 15.0 Å².